The van der Waals surface area contributed by atoms with E-state index in [9.17, 15) is 0 Å². The zero-order valence-electron chi connectivity index (χ0n) is 10.9. The summed E-state index contributed by atoms with van der Waals surface area (Å²) in [6.45, 7) is 8.26. The Morgan fingerprint density at radius 1 is 1.33 bits per heavy atom. The van der Waals surface area contributed by atoms with Crippen LogP contribution in [0.1, 0.15) is 12.0 Å². The number of morpholine rings is 1. The van der Waals surface area contributed by atoms with Gasteiger partial charge in [0.2, 0.25) is 0 Å². The zero-order chi connectivity index (χ0) is 12.8. The predicted octanol–water partition coefficient (Wildman–Crippen LogP) is 2.89. The van der Waals surface area contributed by atoms with Crippen molar-refractivity contribution < 1.29 is 4.74 Å². The van der Waals surface area contributed by atoms with Gasteiger partial charge in [-0.2, -0.15) is 0 Å². The average Bonchev–Trinajstić information content (AvgIpc) is 2.38. The van der Waals surface area contributed by atoms with E-state index in [0.29, 0.717) is 0 Å². The van der Waals surface area contributed by atoms with Crippen LogP contribution in [0.15, 0.2) is 22.7 Å². The number of hydrogen-bond acceptors (Lipinski definition) is 3. The van der Waals surface area contributed by atoms with E-state index in [1.807, 2.05) is 0 Å². The van der Waals surface area contributed by atoms with Crippen molar-refractivity contribution in [3.63, 3.8) is 0 Å². The summed E-state index contributed by atoms with van der Waals surface area (Å²) in [6, 6.07) is 6.36. The number of hydrogen-bond donors (Lipinski definition) is 1. The van der Waals surface area contributed by atoms with Gasteiger partial charge in [-0.15, -0.1) is 0 Å². The first kappa shape index (κ1) is 13.8. The summed E-state index contributed by atoms with van der Waals surface area (Å²) in [4.78, 5) is 2.47. The van der Waals surface area contributed by atoms with Gasteiger partial charge in [-0.1, -0.05) is 15.9 Å². The SMILES string of the molecule is Cc1cc(Br)ccc1NCCCN1CCOCC1. The van der Waals surface area contributed by atoms with Gasteiger partial charge in [-0.3, -0.25) is 4.90 Å². The Kier molecular flexibility index (Phi) is 5.47. The average molecular weight is 313 g/mol. The normalized spacial score (nSPS) is 16.8. The second-order valence-electron chi connectivity index (χ2n) is 4.69. The molecule has 2 rings (SSSR count). The highest BCUT2D eigenvalue weighted by Crippen LogP contribution is 2.19. The molecular weight excluding hydrogens is 292 g/mol. The molecule has 0 aliphatic carbocycles. The Labute approximate surface area is 118 Å². The van der Waals surface area contributed by atoms with Crippen LogP contribution in [0.25, 0.3) is 0 Å². The Hall–Kier alpha value is -0.580. The minimum Gasteiger partial charge on any atom is -0.385 e. The van der Waals surface area contributed by atoms with Crippen LogP contribution in [0.4, 0.5) is 5.69 Å². The van der Waals surface area contributed by atoms with Gasteiger partial charge in [-0.25, -0.2) is 0 Å². The molecule has 1 N–H and O–H groups in total. The highest BCUT2D eigenvalue weighted by Gasteiger charge is 2.09. The fourth-order valence-corrected chi connectivity index (χ4v) is 2.65. The monoisotopic (exact) mass is 312 g/mol. The maximum Gasteiger partial charge on any atom is 0.0594 e. The topological polar surface area (TPSA) is 24.5 Å². The van der Waals surface area contributed by atoms with Crippen molar-refractivity contribution in [1.82, 2.24) is 4.90 Å². The minimum atomic E-state index is 0.888. The molecule has 0 radical (unpaired) electrons. The van der Waals surface area contributed by atoms with E-state index in [0.717, 1.165) is 43.9 Å². The number of nitrogens with zero attached hydrogens (tertiary/aromatic N) is 1. The van der Waals surface area contributed by atoms with Crippen molar-refractivity contribution in [3.05, 3.63) is 28.2 Å². The number of nitrogens with one attached hydrogen (secondary N) is 1. The smallest absolute Gasteiger partial charge is 0.0594 e. The first-order valence-corrected chi connectivity index (χ1v) is 7.35. The molecule has 1 aliphatic heterocycles. The van der Waals surface area contributed by atoms with Crippen LogP contribution >= 0.6 is 15.9 Å². The van der Waals surface area contributed by atoms with Crippen LogP contribution in [0, 0.1) is 6.92 Å². The summed E-state index contributed by atoms with van der Waals surface area (Å²) in [6.07, 6.45) is 1.18. The van der Waals surface area contributed by atoms with Gasteiger partial charge >= 0.3 is 0 Å². The van der Waals surface area contributed by atoms with E-state index in [1.54, 1.807) is 0 Å². The lowest BCUT2D eigenvalue weighted by atomic mass is 10.2. The number of halogens is 1. The third kappa shape index (κ3) is 4.26. The van der Waals surface area contributed by atoms with E-state index in [2.05, 4.69) is 51.3 Å². The fraction of sp³-hybridized carbons (Fsp3) is 0.571. The Morgan fingerprint density at radius 3 is 2.83 bits per heavy atom. The second kappa shape index (κ2) is 7.12. The van der Waals surface area contributed by atoms with Crippen molar-refractivity contribution in [3.8, 4) is 0 Å². The van der Waals surface area contributed by atoms with Crippen LogP contribution in [-0.2, 0) is 4.74 Å². The molecular formula is C14H21BrN2O. The van der Waals surface area contributed by atoms with Gasteiger partial charge in [0.05, 0.1) is 13.2 Å². The van der Waals surface area contributed by atoms with Crippen LogP contribution in [0.3, 0.4) is 0 Å². The number of aryl methyl sites for hydroxylation is 1. The molecule has 1 saturated heterocycles. The molecule has 0 spiro atoms. The lowest BCUT2D eigenvalue weighted by Crippen LogP contribution is -2.37. The Balaban J connectivity index is 1.68. The molecule has 0 saturated carbocycles. The summed E-state index contributed by atoms with van der Waals surface area (Å²) in [5, 5.41) is 3.50. The van der Waals surface area contributed by atoms with Gasteiger partial charge in [0.1, 0.15) is 0 Å². The number of benzene rings is 1. The van der Waals surface area contributed by atoms with Crippen molar-refractivity contribution in [2.75, 3.05) is 44.7 Å². The highest BCUT2D eigenvalue weighted by atomic mass is 79.9. The Morgan fingerprint density at radius 2 is 2.11 bits per heavy atom. The summed E-state index contributed by atoms with van der Waals surface area (Å²) >= 11 is 3.48. The molecule has 1 fully saturated rings. The largest absolute Gasteiger partial charge is 0.385 e. The van der Waals surface area contributed by atoms with Crippen molar-refractivity contribution in [1.29, 1.82) is 0 Å². The lowest BCUT2D eigenvalue weighted by Gasteiger charge is -2.26. The number of anilines is 1. The maximum atomic E-state index is 5.34. The van der Waals surface area contributed by atoms with E-state index in [4.69, 9.17) is 4.74 Å². The number of rotatable bonds is 5. The molecule has 1 aromatic carbocycles. The Bertz CT molecular complexity index is 378. The summed E-state index contributed by atoms with van der Waals surface area (Å²) in [5.41, 5.74) is 2.52. The molecule has 0 aromatic heterocycles. The second-order valence-corrected chi connectivity index (χ2v) is 5.61. The van der Waals surface area contributed by atoms with Crippen molar-refractivity contribution in [2.45, 2.75) is 13.3 Å². The number of ether oxygens (including phenoxy) is 1. The molecule has 4 heteroatoms. The van der Waals surface area contributed by atoms with E-state index >= 15 is 0 Å². The molecule has 0 atom stereocenters. The standard InChI is InChI=1S/C14H21BrN2O/c1-12-11-13(15)3-4-14(12)16-5-2-6-17-7-9-18-10-8-17/h3-4,11,16H,2,5-10H2,1H3. The first-order chi connectivity index (χ1) is 8.75. The van der Waals surface area contributed by atoms with E-state index in [-0.39, 0.29) is 0 Å². The molecule has 0 unspecified atom stereocenters. The van der Waals surface area contributed by atoms with Gasteiger partial charge < -0.3 is 10.1 Å². The third-order valence-electron chi connectivity index (χ3n) is 3.26. The van der Waals surface area contributed by atoms with E-state index in [1.165, 1.54) is 17.7 Å². The molecule has 0 bridgehead atoms. The molecule has 3 nitrogen and oxygen atoms in total. The summed E-state index contributed by atoms with van der Waals surface area (Å²) in [7, 11) is 0. The molecule has 1 heterocycles. The zero-order valence-corrected chi connectivity index (χ0v) is 12.5. The van der Waals surface area contributed by atoms with Crippen molar-refractivity contribution >= 4 is 21.6 Å². The van der Waals surface area contributed by atoms with E-state index < -0.39 is 0 Å². The molecule has 1 aromatic rings. The van der Waals surface area contributed by atoms with Crippen LogP contribution in [-0.4, -0.2) is 44.3 Å². The third-order valence-corrected chi connectivity index (χ3v) is 3.75. The van der Waals surface area contributed by atoms with Gasteiger partial charge in [0.25, 0.3) is 0 Å². The highest BCUT2D eigenvalue weighted by molar-refractivity contribution is 9.10. The molecule has 18 heavy (non-hydrogen) atoms. The predicted molar refractivity (Wildman–Crippen MR) is 79.2 cm³/mol. The van der Waals surface area contributed by atoms with Gasteiger partial charge in [-0.05, 0) is 43.7 Å². The molecule has 1 aliphatic rings. The molecule has 0 amide bonds. The van der Waals surface area contributed by atoms with Gasteiger partial charge in [0, 0.05) is 29.8 Å². The van der Waals surface area contributed by atoms with Gasteiger partial charge in [0.15, 0.2) is 0 Å². The molecule has 100 valence electrons. The van der Waals surface area contributed by atoms with Crippen molar-refractivity contribution in [2.24, 2.45) is 0 Å². The van der Waals surface area contributed by atoms with Crippen LogP contribution in [0.5, 0.6) is 0 Å². The fourth-order valence-electron chi connectivity index (χ4n) is 2.18. The summed E-state index contributed by atoms with van der Waals surface area (Å²) in [5.74, 6) is 0. The first-order valence-electron chi connectivity index (χ1n) is 6.56. The minimum absolute atomic E-state index is 0.888. The van der Waals surface area contributed by atoms with Crippen LogP contribution < -0.4 is 5.32 Å². The van der Waals surface area contributed by atoms with Crippen LogP contribution in [0.2, 0.25) is 0 Å². The summed E-state index contributed by atoms with van der Waals surface area (Å²) < 4.78 is 6.48. The quantitative estimate of drug-likeness (QED) is 0.846. The maximum absolute atomic E-state index is 5.34. The lowest BCUT2D eigenvalue weighted by molar-refractivity contribution is 0.0378.